The minimum atomic E-state index is -0.507. The maximum atomic E-state index is 11.7. The molecule has 4 nitrogen and oxygen atoms in total. The Kier molecular flexibility index (Phi) is 4.33. The molecule has 0 amide bonds. The van der Waals surface area contributed by atoms with E-state index in [4.69, 9.17) is 9.47 Å². The second kappa shape index (κ2) is 5.83. The van der Waals surface area contributed by atoms with Gasteiger partial charge in [-0.25, -0.2) is 4.79 Å². The fourth-order valence-electron chi connectivity index (χ4n) is 2.43. The van der Waals surface area contributed by atoms with Crippen molar-refractivity contribution in [1.82, 2.24) is 0 Å². The summed E-state index contributed by atoms with van der Waals surface area (Å²) in [6.07, 6.45) is 2.16. The minimum absolute atomic E-state index is 0.107. The van der Waals surface area contributed by atoms with Crippen LogP contribution in [-0.2, 0) is 16.0 Å². The van der Waals surface area contributed by atoms with Crippen LogP contribution < -0.4 is 4.74 Å². The zero-order valence-corrected chi connectivity index (χ0v) is 12.3. The lowest BCUT2D eigenvalue weighted by molar-refractivity contribution is -0.157. The maximum Gasteiger partial charge on any atom is 0.344 e. The molecule has 1 aromatic carbocycles. The summed E-state index contributed by atoms with van der Waals surface area (Å²) < 4.78 is 10.8. The van der Waals surface area contributed by atoms with Gasteiger partial charge in [-0.15, -0.1) is 0 Å². The molecule has 0 aromatic heterocycles. The molecule has 0 radical (unpaired) electrons. The van der Waals surface area contributed by atoms with E-state index in [-0.39, 0.29) is 12.6 Å². The molecular weight excluding hydrogens is 256 g/mol. The van der Waals surface area contributed by atoms with Crippen molar-refractivity contribution in [2.75, 3.05) is 6.61 Å². The second-order valence-corrected chi connectivity index (χ2v) is 6.11. The molecule has 0 saturated heterocycles. The topological polar surface area (TPSA) is 55.8 Å². The lowest BCUT2D eigenvalue weighted by atomic mass is 9.89. The van der Waals surface area contributed by atoms with Gasteiger partial charge in [-0.05, 0) is 57.2 Å². The first-order chi connectivity index (χ1) is 9.37. The number of benzene rings is 1. The van der Waals surface area contributed by atoms with Gasteiger partial charge in [0.05, 0.1) is 6.10 Å². The van der Waals surface area contributed by atoms with Crippen molar-refractivity contribution in [3.63, 3.8) is 0 Å². The Morgan fingerprint density at radius 1 is 1.40 bits per heavy atom. The van der Waals surface area contributed by atoms with Crippen LogP contribution in [0.3, 0.4) is 0 Å². The van der Waals surface area contributed by atoms with E-state index in [1.807, 2.05) is 39.0 Å². The molecule has 20 heavy (non-hydrogen) atoms. The van der Waals surface area contributed by atoms with Gasteiger partial charge in [0.2, 0.25) is 0 Å². The third-order valence-corrected chi connectivity index (χ3v) is 3.20. The van der Waals surface area contributed by atoms with Crippen LogP contribution in [0, 0.1) is 0 Å². The molecule has 0 saturated carbocycles. The largest absolute Gasteiger partial charge is 0.482 e. The van der Waals surface area contributed by atoms with Crippen molar-refractivity contribution in [2.45, 2.75) is 51.7 Å². The predicted octanol–water partition coefficient (Wildman–Crippen LogP) is 2.78. The Hall–Kier alpha value is -1.55. The number of esters is 1. The van der Waals surface area contributed by atoms with Crippen LogP contribution in [0.2, 0.25) is 0 Å². The van der Waals surface area contributed by atoms with E-state index in [9.17, 15) is 9.90 Å². The molecule has 0 fully saturated rings. The van der Waals surface area contributed by atoms with Crippen LogP contribution in [0.1, 0.15) is 50.8 Å². The van der Waals surface area contributed by atoms with Crippen molar-refractivity contribution < 1.29 is 19.4 Å². The number of aliphatic hydroxyl groups is 1. The van der Waals surface area contributed by atoms with Crippen LogP contribution in [0.25, 0.3) is 0 Å². The first-order valence-corrected chi connectivity index (χ1v) is 7.01. The lowest BCUT2D eigenvalue weighted by Gasteiger charge is -2.24. The molecule has 0 spiro atoms. The molecule has 110 valence electrons. The summed E-state index contributed by atoms with van der Waals surface area (Å²) in [6.45, 7) is 5.37. The lowest BCUT2D eigenvalue weighted by Crippen LogP contribution is -2.27. The van der Waals surface area contributed by atoms with Crippen molar-refractivity contribution in [2.24, 2.45) is 0 Å². The summed E-state index contributed by atoms with van der Waals surface area (Å²) >= 11 is 0. The Bertz CT molecular complexity index is 488. The monoisotopic (exact) mass is 278 g/mol. The highest BCUT2D eigenvalue weighted by Crippen LogP contribution is 2.35. The summed E-state index contributed by atoms with van der Waals surface area (Å²) in [7, 11) is 0. The second-order valence-electron chi connectivity index (χ2n) is 6.11. The molecule has 1 aliphatic rings. The van der Waals surface area contributed by atoms with E-state index >= 15 is 0 Å². The van der Waals surface area contributed by atoms with Crippen molar-refractivity contribution in [1.29, 1.82) is 0 Å². The highest BCUT2D eigenvalue weighted by atomic mass is 16.6. The van der Waals surface area contributed by atoms with Gasteiger partial charge in [0.15, 0.2) is 6.61 Å². The average Bonchev–Trinajstić information content (AvgIpc) is 2.35. The molecule has 0 heterocycles. The number of carbonyl (C=O) groups excluding carboxylic acids is 1. The van der Waals surface area contributed by atoms with Crippen LogP contribution in [0.4, 0.5) is 0 Å². The fraction of sp³-hybridized carbons (Fsp3) is 0.562. The number of rotatable bonds is 3. The average molecular weight is 278 g/mol. The summed E-state index contributed by atoms with van der Waals surface area (Å²) in [5, 5.41) is 9.97. The van der Waals surface area contributed by atoms with Gasteiger partial charge in [0, 0.05) is 0 Å². The molecule has 4 heteroatoms. The van der Waals surface area contributed by atoms with Crippen LogP contribution >= 0.6 is 0 Å². The van der Waals surface area contributed by atoms with Crippen molar-refractivity contribution >= 4 is 5.97 Å². The highest BCUT2D eigenvalue weighted by Gasteiger charge is 2.22. The summed E-state index contributed by atoms with van der Waals surface area (Å²) in [6, 6.07) is 5.60. The number of fused-ring (bicyclic) bond motifs is 1. The van der Waals surface area contributed by atoms with Crippen LogP contribution in [0.15, 0.2) is 18.2 Å². The van der Waals surface area contributed by atoms with Crippen LogP contribution in [0.5, 0.6) is 5.75 Å². The zero-order valence-electron chi connectivity index (χ0n) is 12.3. The number of hydrogen-bond donors (Lipinski definition) is 1. The molecule has 1 unspecified atom stereocenters. The molecule has 1 N–H and O–H groups in total. The van der Waals surface area contributed by atoms with Gasteiger partial charge in [-0.2, -0.15) is 0 Å². The Morgan fingerprint density at radius 2 is 2.15 bits per heavy atom. The van der Waals surface area contributed by atoms with Gasteiger partial charge >= 0.3 is 5.97 Å². The third-order valence-electron chi connectivity index (χ3n) is 3.20. The Balaban J connectivity index is 2.04. The summed E-state index contributed by atoms with van der Waals surface area (Å²) in [5.41, 5.74) is 1.42. The SMILES string of the molecule is CC(C)(C)OC(=O)COc1cccc2c1CCCC2O. The highest BCUT2D eigenvalue weighted by molar-refractivity contribution is 5.71. The Labute approximate surface area is 119 Å². The van der Waals surface area contributed by atoms with E-state index in [1.165, 1.54) is 0 Å². The maximum absolute atomic E-state index is 11.7. The summed E-state index contributed by atoms with van der Waals surface area (Å²) in [5.74, 6) is 0.290. The fourth-order valence-corrected chi connectivity index (χ4v) is 2.43. The number of aliphatic hydroxyl groups excluding tert-OH is 1. The van der Waals surface area contributed by atoms with E-state index in [1.54, 1.807) is 0 Å². The standard InChI is InChI=1S/C16H22O4/c1-16(2,3)20-15(18)10-19-14-9-5-6-11-12(14)7-4-8-13(11)17/h5-6,9,13,17H,4,7-8,10H2,1-3H3. The number of carbonyl (C=O) groups is 1. The first-order valence-electron chi connectivity index (χ1n) is 7.01. The smallest absolute Gasteiger partial charge is 0.344 e. The summed E-state index contributed by atoms with van der Waals surface area (Å²) in [4.78, 5) is 11.7. The number of hydrogen-bond acceptors (Lipinski definition) is 4. The molecule has 1 aromatic rings. The van der Waals surface area contributed by atoms with Crippen molar-refractivity contribution in [3.8, 4) is 5.75 Å². The molecule has 0 bridgehead atoms. The Morgan fingerprint density at radius 3 is 2.85 bits per heavy atom. The van der Waals surface area contributed by atoms with Gasteiger partial charge in [-0.3, -0.25) is 0 Å². The molecule has 1 aliphatic carbocycles. The van der Waals surface area contributed by atoms with Crippen molar-refractivity contribution in [3.05, 3.63) is 29.3 Å². The van der Waals surface area contributed by atoms with E-state index < -0.39 is 11.7 Å². The van der Waals surface area contributed by atoms with Crippen LogP contribution in [-0.4, -0.2) is 23.3 Å². The zero-order chi connectivity index (χ0) is 14.8. The predicted molar refractivity (Wildman–Crippen MR) is 75.7 cm³/mol. The first kappa shape index (κ1) is 14.9. The van der Waals surface area contributed by atoms with E-state index in [2.05, 4.69) is 0 Å². The normalized spacial score (nSPS) is 18.3. The van der Waals surface area contributed by atoms with E-state index in [0.717, 1.165) is 30.4 Å². The molecule has 0 aliphatic heterocycles. The third kappa shape index (κ3) is 3.73. The quantitative estimate of drug-likeness (QED) is 0.864. The van der Waals surface area contributed by atoms with Gasteiger partial charge in [-0.1, -0.05) is 12.1 Å². The molecular formula is C16H22O4. The van der Waals surface area contributed by atoms with Gasteiger partial charge in [0.1, 0.15) is 11.4 Å². The van der Waals surface area contributed by atoms with Gasteiger partial charge in [0.25, 0.3) is 0 Å². The van der Waals surface area contributed by atoms with E-state index in [0.29, 0.717) is 5.75 Å². The van der Waals surface area contributed by atoms with Gasteiger partial charge < -0.3 is 14.6 Å². The molecule has 2 rings (SSSR count). The molecule has 1 atom stereocenters. The minimum Gasteiger partial charge on any atom is -0.482 e. The number of ether oxygens (including phenoxy) is 2.